The molecule has 0 spiro atoms. The number of hydrogen-bond acceptors (Lipinski definition) is 5. The second-order valence-electron chi connectivity index (χ2n) is 5.74. The first-order valence-corrected chi connectivity index (χ1v) is 7.68. The molecule has 0 bridgehead atoms. The van der Waals surface area contributed by atoms with Crippen molar-refractivity contribution in [2.75, 3.05) is 25.0 Å². The standard InChI is InChI=1S/C15H24N4O2/c1-12-7-8-14(19(20)21)15(17-12)16-9-5-11-18-10-4-3-6-13(18)2/h7-8,13H,3-6,9-11H2,1-2H3,(H,16,17). The van der Waals surface area contributed by atoms with E-state index in [9.17, 15) is 10.1 Å². The van der Waals surface area contributed by atoms with Crippen LogP contribution in [0, 0.1) is 17.0 Å². The SMILES string of the molecule is Cc1ccc([N+](=O)[O-])c(NCCCN2CCCCC2C)n1. The van der Waals surface area contributed by atoms with Gasteiger partial charge in [0.2, 0.25) is 5.82 Å². The van der Waals surface area contributed by atoms with E-state index in [2.05, 4.69) is 22.1 Å². The molecule has 1 aliphatic heterocycles. The number of piperidine rings is 1. The Balaban J connectivity index is 1.83. The molecule has 0 radical (unpaired) electrons. The highest BCUT2D eigenvalue weighted by molar-refractivity contribution is 5.55. The average molecular weight is 292 g/mol. The van der Waals surface area contributed by atoms with Gasteiger partial charge in [0.05, 0.1) is 4.92 Å². The van der Waals surface area contributed by atoms with E-state index in [0.29, 0.717) is 18.4 Å². The zero-order valence-electron chi connectivity index (χ0n) is 12.8. The Labute approximate surface area is 125 Å². The van der Waals surface area contributed by atoms with Crippen LogP contribution in [0.3, 0.4) is 0 Å². The monoisotopic (exact) mass is 292 g/mol. The summed E-state index contributed by atoms with van der Waals surface area (Å²) in [6, 6.07) is 3.83. The molecule has 1 aromatic heterocycles. The van der Waals surface area contributed by atoms with E-state index in [1.54, 1.807) is 6.07 Å². The summed E-state index contributed by atoms with van der Waals surface area (Å²) in [5.74, 6) is 0.381. The normalized spacial score (nSPS) is 19.4. The van der Waals surface area contributed by atoms with E-state index in [0.717, 1.165) is 18.7 Å². The second-order valence-corrected chi connectivity index (χ2v) is 5.74. The molecule has 6 nitrogen and oxygen atoms in total. The first kappa shape index (κ1) is 15.7. The number of aromatic nitrogens is 1. The van der Waals surface area contributed by atoms with Crippen molar-refractivity contribution in [2.24, 2.45) is 0 Å². The largest absolute Gasteiger partial charge is 0.364 e. The van der Waals surface area contributed by atoms with Gasteiger partial charge in [-0.2, -0.15) is 0 Å². The molecule has 0 saturated carbocycles. The number of hydrogen-bond donors (Lipinski definition) is 1. The van der Waals surface area contributed by atoms with Crippen LogP contribution >= 0.6 is 0 Å². The Morgan fingerprint density at radius 1 is 1.48 bits per heavy atom. The molecule has 1 saturated heterocycles. The molecule has 21 heavy (non-hydrogen) atoms. The molecule has 1 fully saturated rings. The highest BCUT2D eigenvalue weighted by Gasteiger charge is 2.18. The highest BCUT2D eigenvalue weighted by Crippen LogP contribution is 2.22. The molecular weight excluding hydrogens is 268 g/mol. The average Bonchev–Trinajstić information content (AvgIpc) is 2.45. The molecule has 1 N–H and O–H groups in total. The fraction of sp³-hybridized carbons (Fsp3) is 0.667. The molecule has 1 atom stereocenters. The van der Waals surface area contributed by atoms with Crippen molar-refractivity contribution in [2.45, 2.75) is 45.6 Å². The highest BCUT2D eigenvalue weighted by atomic mass is 16.6. The minimum atomic E-state index is -0.387. The number of aryl methyl sites for hydroxylation is 1. The van der Waals surface area contributed by atoms with Crippen LogP contribution < -0.4 is 5.32 Å². The summed E-state index contributed by atoms with van der Waals surface area (Å²) in [5, 5.41) is 14.1. The molecule has 116 valence electrons. The third-order valence-corrected chi connectivity index (χ3v) is 4.06. The van der Waals surface area contributed by atoms with Gasteiger partial charge in [0, 0.05) is 30.9 Å². The summed E-state index contributed by atoms with van der Waals surface area (Å²) >= 11 is 0. The molecule has 6 heteroatoms. The molecule has 0 amide bonds. The molecule has 1 aliphatic rings. The van der Waals surface area contributed by atoms with Gasteiger partial charge in [-0.1, -0.05) is 6.42 Å². The van der Waals surface area contributed by atoms with Crippen molar-refractivity contribution < 1.29 is 4.92 Å². The number of nitrogens with one attached hydrogen (secondary N) is 1. The van der Waals surface area contributed by atoms with E-state index in [1.807, 2.05) is 6.92 Å². The summed E-state index contributed by atoms with van der Waals surface area (Å²) in [6.45, 7) is 7.03. The Morgan fingerprint density at radius 2 is 2.29 bits per heavy atom. The van der Waals surface area contributed by atoms with Gasteiger partial charge in [0.1, 0.15) is 0 Å². The lowest BCUT2D eigenvalue weighted by Crippen LogP contribution is -2.38. The van der Waals surface area contributed by atoms with Crippen molar-refractivity contribution in [3.63, 3.8) is 0 Å². The molecule has 1 unspecified atom stereocenters. The minimum absolute atomic E-state index is 0.0481. The van der Waals surface area contributed by atoms with Crippen LogP contribution in [-0.4, -0.2) is 40.5 Å². The Hall–Kier alpha value is -1.69. The van der Waals surface area contributed by atoms with Gasteiger partial charge in [-0.05, 0) is 45.7 Å². The summed E-state index contributed by atoms with van der Waals surface area (Å²) < 4.78 is 0. The van der Waals surface area contributed by atoms with Crippen molar-refractivity contribution in [3.05, 3.63) is 27.9 Å². The van der Waals surface area contributed by atoms with E-state index < -0.39 is 0 Å². The number of nitrogens with zero attached hydrogens (tertiary/aromatic N) is 3. The van der Waals surface area contributed by atoms with Crippen molar-refractivity contribution in [1.29, 1.82) is 0 Å². The molecule has 1 aromatic rings. The zero-order chi connectivity index (χ0) is 15.2. The van der Waals surface area contributed by atoms with E-state index in [-0.39, 0.29) is 10.6 Å². The lowest BCUT2D eigenvalue weighted by Gasteiger charge is -2.33. The van der Waals surface area contributed by atoms with Crippen LogP contribution in [0.15, 0.2) is 12.1 Å². The van der Waals surface area contributed by atoms with Crippen LogP contribution in [0.5, 0.6) is 0 Å². The van der Waals surface area contributed by atoms with Crippen LogP contribution in [0.25, 0.3) is 0 Å². The van der Waals surface area contributed by atoms with E-state index >= 15 is 0 Å². The van der Waals surface area contributed by atoms with Gasteiger partial charge in [-0.3, -0.25) is 10.1 Å². The lowest BCUT2D eigenvalue weighted by atomic mass is 10.0. The van der Waals surface area contributed by atoms with E-state index in [4.69, 9.17) is 0 Å². The number of likely N-dealkylation sites (tertiary alicyclic amines) is 1. The van der Waals surface area contributed by atoms with Crippen molar-refractivity contribution in [1.82, 2.24) is 9.88 Å². The second kappa shape index (κ2) is 7.36. The predicted molar refractivity (Wildman–Crippen MR) is 83.6 cm³/mol. The molecule has 2 heterocycles. The van der Waals surface area contributed by atoms with E-state index in [1.165, 1.54) is 31.9 Å². The fourth-order valence-electron chi connectivity index (χ4n) is 2.81. The topological polar surface area (TPSA) is 71.3 Å². The molecule has 0 aromatic carbocycles. The lowest BCUT2D eigenvalue weighted by molar-refractivity contribution is -0.384. The van der Waals surface area contributed by atoms with Gasteiger partial charge < -0.3 is 10.2 Å². The van der Waals surface area contributed by atoms with Crippen molar-refractivity contribution in [3.8, 4) is 0 Å². The third-order valence-electron chi connectivity index (χ3n) is 4.06. The Bertz CT molecular complexity index is 493. The van der Waals surface area contributed by atoms with Gasteiger partial charge in [0.15, 0.2) is 0 Å². The quantitative estimate of drug-likeness (QED) is 0.496. The van der Waals surface area contributed by atoms with Crippen LogP contribution in [0.4, 0.5) is 11.5 Å². The van der Waals surface area contributed by atoms with Crippen molar-refractivity contribution >= 4 is 11.5 Å². The Kier molecular flexibility index (Phi) is 5.50. The zero-order valence-corrected chi connectivity index (χ0v) is 12.8. The van der Waals surface area contributed by atoms with Crippen LogP contribution in [0.1, 0.15) is 38.3 Å². The molecule has 0 aliphatic carbocycles. The Morgan fingerprint density at radius 3 is 3.00 bits per heavy atom. The summed E-state index contributed by atoms with van der Waals surface area (Å²) in [5.41, 5.74) is 0.833. The van der Waals surface area contributed by atoms with Gasteiger partial charge >= 0.3 is 5.69 Å². The number of pyridine rings is 1. The number of nitro groups is 1. The fourth-order valence-corrected chi connectivity index (χ4v) is 2.81. The summed E-state index contributed by atoms with van der Waals surface area (Å²) in [6.07, 6.45) is 4.85. The predicted octanol–water partition coefficient (Wildman–Crippen LogP) is 2.97. The maximum absolute atomic E-state index is 11.0. The summed E-state index contributed by atoms with van der Waals surface area (Å²) in [7, 11) is 0. The first-order chi connectivity index (χ1) is 10.1. The van der Waals surface area contributed by atoms with Crippen LogP contribution in [0.2, 0.25) is 0 Å². The summed E-state index contributed by atoms with van der Waals surface area (Å²) in [4.78, 5) is 17.3. The van der Waals surface area contributed by atoms with Gasteiger partial charge in [-0.15, -0.1) is 0 Å². The minimum Gasteiger partial charge on any atom is -0.364 e. The van der Waals surface area contributed by atoms with Gasteiger partial charge in [-0.25, -0.2) is 4.98 Å². The first-order valence-electron chi connectivity index (χ1n) is 7.68. The molecule has 2 rings (SSSR count). The van der Waals surface area contributed by atoms with Gasteiger partial charge in [0.25, 0.3) is 0 Å². The number of rotatable bonds is 6. The maximum Gasteiger partial charge on any atom is 0.311 e. The smallest absolute Gasteiger partial charge is 0.311 e. The molecular formula is C15H24N4O2. The third kappa shape index (κ3) is 4.39. The number of anilines is 1. The maximum atomic E-state index is 11.0. The van der Waals surface area contributed by atoms with Crippen LogP contribution in [-0.2, 0) is 0 Å².